The lowest BCUT2D eigenvalue weighted by Crippen LogP contribution is -2.37. The van der Waals surface area contributed by atoms with E-state index in [2.05, 4.69) is 40.1 Å². The smallest absolute Gasteiger partial charge is 0.0931 e. The maximum absolute atomic E-state index is 7.29. The second-order valence-corrected chi connectivity index (χ2v) is 7.47. The van der Waals surface area contributed by atoms with Gasteiger partial charge in [-0.25, -0.2) is 0 Å². The molecule has 2 fully saturated rings. The van der Waals surface area contributed by atoms with Crippen molar-refractivity contribution < 1.29 is 4.74 Å². The van der Waals surface area contributed by atoms with Gasteiger partial charge in [-0.05, 0) is 37.9 Å². The Hall–Kier alpha value is -1.23. The highest BCUT2D eigenvalue weighted by molar-refractivity contribution is 5.55. The van der Waals surface area contributed by atoms with Crippen LogP contribution in [0.3, 0.4) is 0 Å². The number of hydrogen-bond acceptors (Lipinski definition) is 4. The first-order valence-corrected chi connectivity index (χ1v) is 9.95. The van der Waals surface area contributed by atoms with Gasteiger partial charge in [-0.2, -0.15) is 0 Å². The summed E-state index contributed by atoms with van der Waals surface area (Å²) in [5.74, 6) is 0. The van der Waals surface area contributed by atoms with Crippen molar-refractivity contribution in [2.75, 3.05) is 45.9 Å². The highest BCUT2D eigenvalue weighted by Crippen LogP contribution is 2.40. The molecular formula is C21H33N3O. The molecule has 2 aliphatic rings. The van der Waals surface area contributed by atoms with E-state index in [1.807, 2.05) is 0 Å². The summed E-state index contributed by atoms with van der Waals surface area (Å²) in [4.78, 5) is 4.91. The van der Waals surface area contributed by atoms with Gasteiger partial charge in [0.25, 0.3) is 0 Å². The normalized spacial score (nSPS) is 22.4. The minimum absolute atomic E-state index is 0.0580. The SMILES string of the molecule is N=CCN1CCCN(CCOC2(c3ccccc3)CCCCC2)CC1. The Kier molecular flexibility index (Phi) is 7.02. The zero-order valence-electron chi connectivity index (χ0n) is 15.5. The van der Waals surface area contributed by atoms with Crippen LogP contribution in [0.4, 0.5) is 0 Å². The van der Waals surface area contributed by atoms with Crippen molar-refractivity contribution in [1.82, 2.24) is 9.80 Å². The number of benzene rings is 1. The van der Waals surface area contributed by atoms with Crippen LogP contribution in [0.2, 0.25) is 0 Å². The molecule has 25 heavy (non-hydrogen) atoms. The first kappa shape index (κ1) is 18.6. The zero-order chi connectivity index (χ0) is 17.4. The third-order valence-corrected chi connectivity index (χ3v) is 5.78. The van der Waals surface area contributed by atoms with E-state index in [4.69, 9.17) is 10.1 Å². The third kappa shape index (κ3) is 5.13. The van der Waals surface area contributed by atoms with Gasteiger partial charge >= 0.3 is 0 Å². The van der Waals surface area contributed by atoms with Gasteiger partial charge in [0, 0.05) is 32.4 Å². The molecule has 1 aromatic carbocycles. The highest BCUT2D eigenvalue weighted by atomic mass is 16.5. The van der Waals surface area contributed by atoms with Crippen LogP contribution in [-0.2, 0) is 10.3 Å². The summed E-state index contributed by atoms with van der Waals surface area (Å²) in [6.45, 7) is 7.06. The lowest BCUT2D eigenvalue weighted by Gasteiger charge is -2.38. The summed E-state index contributed by atoms with van der Waals surface area (Å²) < 4.78 is 6.58. The third-order valence-electron chi connectivity index (χ3n) is 5.78. The summed E-state index contributed by atoms with van der Waals surface area (Å²) in [6.07, 6.45) is 8.92. The van der Waals surface area contributed by atoms with E-state index >= 15 is 0 Å². The molecule has 3 rings (SSSR count). The van der Waals surface area contributed by atoms with Crippen LogP contribution >= 0.6 is 0 Å². The zero-order valence-corrected chi connectivity index (χ0v) is 15.5. The molecule has 1 heterocycles. The van der Waals surface area contributed by atoms with Crippen LogP contribution in [0.15, 0.2) is 30.3 Å². The Bertz CT molecular complexity index is 513. The first-order chi connectivity index (χ1) is 12.3. The van der Waals surface area contributed by atoms with E-state index in [1.165, 1.54) is 37.5 Å². The van der Waals surface area contributed by atoms with Crippen LogP contribution in [0, 0.1) is 5.41 Å². The molecule has 1 N–H and O–H groups in total. The molecule has 0 aromatic heterocycles. The summed E-state index contributed by atoms with van der Waals surface area (Å²) in [7, 11) is 0. The molecule has 0 spiro atoms. The summed E-state index contributed by atoms with van der Waals surface area (Å²) in [6, 6.07) is 10.9. The van der Waals surface area contributed by atoms with Crippen LogP contribution in [-0.4, -0.2) is 61.9 Å². The van der Waals surface area contributed by atoms with Gasteiger partial charge in [0.05, 0.1) is 12.2 Å². The van der Waals surface area contributed by atoms with E-state index in [1.54, 1.807) is 0 Å². The van der Waals surface area contributed by atoms with Gasteiger partial charge in [0.2, 0.25) is 0 Å². The second-order valence-electron chi connectivity index (χ2n) is 7.47. The van der Waals surface area contributed by atoms with Gasteiger partial charge in [-0.1, -0.05) is 49.6 Å². The predicted molar refractivity (Wildman–Crippen MR) is 103 cm³/mol. The van der Waals surface area contributed by atoms with Gasteiger partial charge in [0.1, 0.15) is 0 Å². The van der Waals surface area contributed by atoms with Crippen LogP contribution < -0.4 is 0 Å². The van der Waals surface area contributed by atoms with Crippen molar-refractivity contribution in [1.29, 1.82) is 5.41 Å². The molecule has 1 aliphatic heterocycles. The maximum Gasteiger partial charge on any atom is 0.0931 e. The molecule has 1 aromatic rings. The molecular weight excluding hydrogens is 310 g/mol. The van der Waals surface area contributed by atoms with Gasteiger partial charge in [-0.15, -0.1) is 0 Å². The summed E-state index contributed by atoms with van der Waals surface area (Å²) >= 11 is 0. The molecule has 1 saturated carbocycles. The Morgan fingerprint density at radius 2 is 1.64 bits per heavy atom. The lowest BCUT2D eigenvalue weighted by atomic mass is 9.79. The number of nitrogens with one attached hydrogen (secondary N) is 1. The predicted octanol–water partition coefficient (Wildman–Crippen LogP) is 3.52. The molecule has 1 aliphatic carbocycles. The quantitative estimate of drug-likeness (QED) is 0.770. The van der Waals surface area contributed by atoms with Gasteiger partial charge in [0.15, 0.2) is 0 Å². The Labute approximate surface area is 152 Å². The molecule has 4 nitrogen and oxygen atoms in total. The standard InChI is InChI=1S/C21H33N3O/c22-12-15-23-13-7-14-24(17-16-23)18-19-25-21(10-5-2-6-11-21)20-8-3-1-4-9-20/h1,3-4,8-9,12,22H,2,5-7,10-11,13-19H2. The fourth-order valence-corrected chi connectivity index (χ4v) is 4.31. The molecule has 0 atom stereocenters. The summed E-state index contributed by atoms with van der Waals surface area (Å²) in [5.41, 5.74) is 1.31. The number of ether oxygens (including phenoxy) is 1. The molecule has 138 valence electrons. The van der Waals surface area contributed by atoms with Crippen molar-refractivity contribution in [2.24, 2.45) is 0 Å². The van der Waals surface area contributed by atoms with Crippen molar-refractivity contribution in [3.05, 3.63) is 35.9 Å². The summed E-state index contributed by atoms with van der Waals surface area (Å²) in [5, 5.41) is 7.29. The van der Waals surface area contributed by atoms with Crippen LogP contribution in [0.1, 0.15) is 44.1 Å². The average molecular weight is 344 g/mol. The minimum atomic E-state index is -0.0580. The monoisotopic (exact) mass is 343 g/mol. The van der Waals surface area contributed by atoms with Crippen molar-refractivity contribution in [3.8, 4) is 0 Å². The van der Waals surface area contributed by atoms with E-state index in [9.17, 15) is 0 Å². The maximum atomic E-state index is 7.29. The topological polar surface area (TPSA) is 39.6 Å². The average Bonchev–Trinajstić information content (AvgIpc) is 2.89. The van der Waals surface area contributed by atoms with E-state index in [-0.39, 0.29) is 5.60 Å². The molecule has 4 heteroatoms. The highest BCUT2D eigenvalue weighted by Gasteiger charge is 2.34. The fraction of sp³-hybridized carbons (Fsp3) is 0.667. The number of nitrogens with zero attached hydrogens (tertiary/aromatic N) is 2. The van der Waals surface area contributed by atoms with Gasteiger partial charge in [-0.3, -0.25) is 9.80 Å². The van der Waals surface area contributed by atoms with Crippen molar-refractivity contribution >= 4 is 6.21 Å². The second kappa shape index (κ2) is 9.46. The molecule has 0 unspecified atom stereocenters. The number of rotatable bonds is 7. The molecule has 0 bridgehead atoms. The van der Waals surface area contributed by atoms with Crippen LogP contribution in [0.5, 0.6) is 0 Å². The number of hydrogen-bond donors (Lipinski definition) is 1. The van der Waals surface area contributed by atoms with Gasteiger partial charge < -0.3 is 10.1 Å². The van der Waals surface area contributed by atoms with E-state index in [0.717, 1.165) is 58.7 Å². The molecule has 1 saturated heterocycles. The molecule has 0 amide bonds. The molecule has 0 radical (unpaired) electrons. The van der Waals surface area contributed by atoms with E-state index in [0.29, 0.717) is 0 Å². The Morgan fingerprint density at radius 1 is 0.920 bits per heavy atom. The van der Waals surface area contributed by atoms with Crippen molar-refractivity contribution in [3.63, 3.8) is 0 Å². The Balaban J connectivity index is 1.53. The Morgan fingerprint density at radius 3 is 2.40 bits per heavy atom. The van der Waals surface area contributed by atoms with Crippen molar-refractivity contribution in [2.45, 2.75) is 44.1 Å². The minimum Gasteiger partial charge on any atom is -0.369 e. The van der Waals surface area contributed by atoms with Crippen LogP contribution in [0.25, 0.3) is 0 Å². The largest absolute Gasteiger partial charge is 0.369 e. The first-order valence-electron chi connectivity index (χ1n) is 9.95. The lowest BCUT2D eigenvalue weighted by molar-refractivity contribution is -0.0812. The fourth-order valence-electron chi connectivity index (χ4n) is 4.31. The van der Waals surface area contributed by atoms with E-state index < -0.39 is 0 Å².